The molecule has 6 aromatic rings. The summed E-state index contributed by atoms with van der Waals surface area (Å²) in [5, 5.41) is 13.0. The zero-order valence-corrected chi connectivity index (χ0v) is 56.7. The van der Waals surface area contributed by atoms with Crippen LogP contribution in [0, 0.1) is 52.3 Å². The van der Waals surface area contributed by atoms with Gasteiger partial charge in [-0.1, -0.05) is 149 Å². The molecule has 1 N–H and O–H groups in total. The van der Waals surface area contributed by atoms with Gasteiger partial charge in [-0.05, 0) is 171 Å². The second kappa shape index (κ2) is 29.1. The van der Waals surface area contributed by atoms with E-state index in [2.05, 4.69) is 27.7 Å². The Kier molecular flexibility index (Phi) is 20.2. The van der Waals surface area contributed by atoms with E-state index in [1.54, 1.807) is 159 Å². The van der Waals surface area contributed by atoms with Gasteiger partial charge in [0.1, 0.15) is 18.8 Å². The molecule has 4 aliphatic heterocycles. The van der Waals surface area contributed by atoms with Crippen molar-refractivity contribution in [1.82, 2.24) is 0 Å². The van der Waals surface area contributed by atoms with Crippen molar-refractivity contribution in [3.8, 4) is 0 Å². The van der Waals surface area contributed by atoms with Gasteiger partial charge in [0.25, 0.3) is 0 Å². The molecule has 1 spiro atoms. The minimum atomic E-state index is -1.82. The highest BCUT2D eigenvalue weighted by molar-refractivity contribution is 5.92. The zero-order chi connectivity index (χ0) is 68.6. The molecule has 0 radical (unpaired) electrons. The summed E-state index contributed by atoms with van der Waals surface area (Å²) < 4.78 is 81.3. The second-order valence-electron chi connectivity index (χ2n) is 29.4. The minimum absolute atomic E-state index is 0.0913. The lowest BCUT2D eigenvalue weighted by atomic mass is 9.44. The number of hydrogen-bond acceptors (Lipinski definition) is 18. The summed E-state index contributed by atoms with van der Waals surface area (Å²) in [4.78, 5) is 72.1. The average molecular weight is 1350 g/mol. The number of hydrogen-bond donors (Lipinski definition) is 1. The van der Waals surface area contributed by atoms with Gasteiger partial charge in [-0.25, -0.2) is 24.0 Å². The molecule has 0 bridgehead atoms. The van der Waals surface area contributed by atoms with Crippen molar-refractivity contribution >= 4 is 29.8 Å². The summed E-state index contributed by atoms with van der Waals surface area (Å²) in [5.74, 6) is -1.96. The molecular weight excluding hydrogens is 1260 g/mol. The summed E-state index contributed by atoms with van der Waals surface area (Å²) in [7, 11) is 0. The number of esters is 5. The van der Waals surface area contributed by atoms with E-state index >= 15 is 0 Å². The Morgan fingerprint density at radius 1 is 0.505 bits per heavy atom. The lowest BCUT2D eigenvalue weighted by Crippen LogP contribution is -2.67. The summed E-state index contributed by atoms with van der Waals surface area (Å²) in [5.41, 5.74) is 1.64. The first kappa shape index (κ1) is 68.5. The molecule has 99 heavy (non-hydrogen) atoms. The number of carbonyl (C=O) groups excluding carboxylic acids is 5. The van der Waals surface area contributed by atoms with Crippen molar-refractivity contribution in [2.75, 3.05) is 13.2 Å². The molecule has 14 rings (SSSR count). The fraction of sp³-hybridized carbons (Fsp3) is 0.494. The Bertz CT molecular complexity index is 3750. The number of aliphatic hydroxyl groups excluding tert-OH is 1. The van der Waals surface area contributed by atoms with Crippen molar-refractivity contribution in [2.24, 2.45) is 52.3 Å². The highest BCUT2D eigenvalue weighted by Gasteiger charge is 2.70. The van der Waals surface area contributed by atoms with E-state index < -0.39 is 116 Å². The highest BCUT2D eigenvalue weighted by Crippen LogP contribution is 2.72. The Balaban J connectivity index is 0.833. The summed E-state index contributed by atoms with van der Waals surface area (Å²) in [6.45, 7) is 11.7. The van der Waals surface area contributed by atoms with Crippen LogP contribution in [-0.4, -0.2) is 134 Å². The molecule has 4 saturated heterocycles. The molecule has 0 aromatic heterocycles. The molecular formula is C81H90O18. The smallest absolute Gasteiger partial charge is 0.338 e. The number of ether oxygens (including phenoxy) is 12. The van der Waals surface area contributed by atoms with Gasteiger partial charge < -0.3 is 61.9 Å². The van der Waals surface area contributed by atoms with E-state index in [-0.39, 0.29) is 63.2 Å². The predicted molar refractivity (Wildman–Crippen MR) is 360 cm³/mol. The third kappa shape index (κ3) is 13.9. The average Bonchev–Trinajstić information content (AvgIpc) is 1.56. The van der Waals surface area contributed by atoms with Gasteiger partial charge in [0.2, 0.25) is 0 Å². The minimum Gasteiger partial charge on any atom is -0.459 e. The first-order valence-electron chi connectivity index (χ1n) is 35.5. The number of carbonyl (C=O) groups is 5. The zero-order valence-electron chi connectivity index (χ0n) is 56.7. The molecule has 4 aliphatic carbocycles. The fourth-order valence-electron chi connectivity index (χ4n) is 18.5. The van der Waals surface area contributed by atoms with Gasteiger partial charge in [-0.15, -0.1) is 0 Å². The van der Waals surface area contributed by atoms with Crippen LogP contribution in [0.15, 0.2) is 182 Å². The van der Waals surface area contributed by atoms with Gasteiger partial charge in [0, 0.05) is 12.3 Å². The monoisotopic (exact) mass is 1350 g/mol. The van der Waals surface area contributed by atoms with Crippen LogP contribution < -0.4 is 0 Å². The SMILES string of the molecule is C[C@@H]1CC[C@@]2(OC1)O[C@H]1C[C@H]3[C@@H]4CC[C@H]5C[C@@H](O[C@@H]6O[C@H](COC(=O)c7ccccc7)[C@H](O)[C@H](OC(=O)c7ccccc7)[C@H]6O[C@@H]6O[C@@H](C)[C@H](OC(=O)c7ccccc7)[C@@H](OC(=O)c7ccccc7)[C@H]6OC(=O)c6ccccc6)[C@H](OCc6ccccc6)C[C@]5(C)[C@H]4CC[C@]3(C)[C@H]1[C@@H]2C. The molecule has 0 unspecified atom stereocenters. The normalized spacial score (nSPS) is 36.7. The Labute approximate surface area is 578 Å². The second-order valence-corrected chi connectivity index (χ2v) is 29.4. The van der Waals surface area contributed by atoms with Crippen molar-refractivity contribution in [3.05, 3.63) is 215 Å². The van der Waals surface area contributed by atoms with E-state index in [0.29, 0.717) is 42.4 Å². The van der Waals surface area contributed by atoms with Gasteiger partial charge in [-0.3, -0.25) is 0 Å². The molecule has 4 heterocycles. The third-order valence-electron chi connectivity index (χ3n) is 23.6. The van der Waals surface area contributed by atoms with E-state index in [4.69, 9.17) is 56.8 Å². The maximum absolute atomic E-state index is 14.8. The van der Waals surface area contributed by atoms with Crippen LogP contribution in [0.3, 0.4) is 0 Å². The molecule has 23 atom stereocenters. The quantitative estimate of drug-likeness (QED) is 0.0481. The van der Waals surface area contributed by atoms with Crippen LogP contribution in [0.4, 0.5) is 0 Å². The van der Waals surface area contributed by atoms with Crippen LogP contribution in [0.5, 0.6) is 0 Å². The first-order valence-corrected chi connectivity index (χ1v) is 35.5. The van der Waals surface area contributed by atoms with E-state index in [1.807, 2.05) is 30.3 Å². The van der Waals surface area contributed by atoms with Gasteiger partial charge >= 0.3 is 29.8 Å². The molecule has 0 amide bonds. The molecule has 18 nitrogen and oxygen atoms in total. The number of fused-ring (bicyclic) bond motifs is 7. The van der Waals surface area contributed by atoms with E-state index in [9.17, 15) is 29.1 Å². The fourth-order valence-corrected chi connectivity index (χ4v) is 18.5. The van der Waals surface area contributed by atoms with Crippen molar-refractivity contribution in [3.63, 3.8) is 0 Å². The summed E-state index contributed by atoms with van der Waals surface area (Å²) in [6, 6.07) is 51.1. The largest absolute Gasteiger partial charge is 0.459 e. The Morgan fingerprint density at radius 2 is 1.02 bits per heavy atom. The topological polar surface area (TPSA) is 216 Å². The Hall–Kier alpha value is -7.65. The van der Waals surface area contributed by atoms with Crippen molar-refractivity contribution in [2.45, 2.75) is 185 Å². The van der Waals surface area contributed by atoms with E-state index in [1.165, 1.54) is 0 Å². The third-order valence-corrected chi connectivity index (χ3v) is 23.6. The molecule has 4 saturated carbocycles. The van der Waals surface area contributed by atoms with Gasteiger partial charge in [0.15, 0.2) is 48.9 Å². The highest BCUT2D eigenvalue weighted by atomic mass is 16.8. The number of benzene rings is 6. The first-order chi connectivity index (χ1) is 48.0. The lowest BCUT2D eigenvalue weighted by molar-refractivity contribution is -0.372. The Morgan fingerprint density at radius 3 is 1.58 bits per heavy atom. The standard InChI is InChI=1S/C81H90O18/c1-48-38-41-81(90-45-48)49(2)65-62(99-81)43-60-58-37-36-57-42-61(63(88-46-51-24-12-6-13-25-51)44-80(57,5)59(58)39-40-79(60,65)4)92-78-70(68(95-74(85)54-30-18-9-19-31-54)66(82)64(93-78)47-89-72(83)52-26-14-7-15-27-52)98-77-71(97-76(87)56-34-22-11-23-35-56)69(96-75(86)55-32-20-10-21-33-55)67(50(3)91-77)94-73(84)53-28-16-8-17-29-53/h6-35,48-50,57-71,77-78,82H,36-47H2,1-5H3/t48-,49+,50+,57+,58-,59+,60+,61-,62+,63-,64-,65+,66+,67+,68+,69-,70-,71-,77+,78-,79+,80+,81-/m1/s1. The molecule has 522 valence electrons. The van der Waals surface area contributed by atoms with Crippen LogP contribution >= 0.6 is 0 Å². The van der Waals surface area contributed by atoms with Gasteiger partial charge in [0.05, 0.1) is 65.4 Å². The summed E-state index contributed by atoms with van der Waals surface area (Å²) >= 11 is 0. The van der Waals surface area contributed by atoms with Crippen LogP contribution in [0.25, 0.3) is 0 Å². The lowest BCUT2D eigenvalue weighted by Gasteiger charge is -2.62. The van der Waals surface area contributed by atoms with Crippen LogP contribution in [0.1, 0.15) is 150 Å². The number of aliphatic hydroxyl groups is 1. The van der Waals surface area contributed by atoms with Crippen molar-refractivity contribution in [1.29, 1.82) is 0 Å². The van der Waals surface area contributed by atoms with Crippen LogP contribution in [0.2, 0.25) is 0 Å². The van der Waals surface area contributed by atoms with E-state index in [0.717, 1.165) is 57.1 Å². The molecule has 8 fully saturated rings. The van der Waals surface area contributed by atoms with Crippen molar-refractivity contribution < 1.29 is 85.9 Å². The maximum Gasteiger partial charge on any atom is 0.338 e. The van der Waals surface area contributed by atoms with Crippen LogP contribution in [-0.2, 0) is 63.4 Å². The molecule has 18 heteroatoms. The maximum atomic E-state index is 14.8. The van der Waals surface area contributed by atoms with Gasteiger partial charge in [-0.2, -0.15) is 0 Å². The summed E-state index contributed by atoms with van der Waals surface area (Å²) in [6.07, 6.45) is -9.07. The predicted octanol–water partition coefficient (Wildman–Crippen LogP) is 13.0. The molecule has 8 aliphatic rings. The molecule has 6 aromatic carbocycles. The number of rotatable bonds is 18.